The first-order chi connectivity index (χ1) is 14.0. The first-order valence-electron chi connectivity index (χ1n) is 8.87. The molecule has 0 saturated carbocycles. The third-order valence-corrected chi connectivity index (χ3v) is 6.33. The highest BCUT2D eigenvalue weighted by Gasteiger charge is 2.18. The molecule has 2 aromatic carbocycles. The van der Waals surface area contributed by atoms with Gasteiger partial charge in [-0.25, -0.2) is 4.98 Å². The predicted octanol–water partition coefficient (Wildman–Crippen LogP) is 5.88. The maximum absolute atomic E-state index is 12.8. The smallest absolute Gasteiger partial charge is 0.267 e. The van der Waals surface area contributed by atoms with Crippen LogP contribution in [0.25, 0.3) is 21.5 Å². The summed E-state index contributed by atoms with van der Waals surface area (Å²) in [5.74, 6) is 0.539. The Bertz CT molecular complexity index is 1220. The minimum atomic E-state index is -0.249. The van der Waals surface area contributed by atoms with E-state index in [0.29, 0.717) is 16.3 Å². The average molecular weight is 468 g/mol. The molecule has 0 radical (unpaired) electrons. The number of nitrogens with one attached hydrogen (secondary N) is 1. The van der Waals surface area contributed by atoms with Crippen LogP contribution in [0.3, 0.4) is 0 Å². The van der Waals surface area contributed by atoms with Crippen LogP contribution in [0.5, 0.6) is 5.75 Å². The highest BCUT2D eigenvalue weighted by atomic mass is 79.9. The Morgan fingerprint density at radius 1 is 1.14 bits per heavy atom. The molecule has 0 spiro atoms. The molecule has 0 aliphatic carbocycles. The monoisotopic (exact) mass is 467 g/mol. The number of rotatable bonds is 4. The molecule has 0 atom stereocenters. The first-order valence-corrected chi connectivity index (χ1v) is 10.5. The Balaban J connectivity index is 1.66. The standard InChI is InChI=1S/C22H18BrN3O2S/c1-12-3-9-18(16(23)11-12)25-21(27)20-19(24)15-8-10-17(26-22(15)29-20)13-4-6-14(28-2)7-5-13/h3-11H,24H2,1-2H3,(H,25,27). The minimum Gasteiger partial charge on any atom is -0.497 e. The molecule has 2 aromatic heterocycles. The van der Waals surface area contributed by atoms with E-state index in [1.165, 1.54) is 11.3 Å². The van der Waals surface area contributed by atoms with Crippen LogP contribution in [0.4, 0.5) is 11.4 Å². The van der Waals surface area contributed by atoms with Crippen molar-refractivity contribution < 1.29 is 9.53 Å². The van der Waals surface area contributed by atoms with Crippen LogP contribution in [0.2, 0.25) is 0 Å². The summed E-state index contributed by atoms with van der Waals surface area (Å²) in [4.78, 5) is 18.7. The number of nitrogens with zero attached hydrogens (tertiary/aromatic N) is 1. The number of benzene rings is 2. The second-order valence-corrected chi connectivity index (χ2v) is 8.41. The van der Waals surface area contributed by atoms with Crippen molar-refractivity contribution in [1.82, 2.24) is 4.98 Å². The summed E-state index contributed by atoms with van der Waals surface area (Å²) in [7, 11) is 1.63. The lowest BCUT2D eigenvalue weighted by atomic mass is 10.1. The zero-order valence-corrected chi connectivity index (χ0v) is 18.2. The molecule has 4 aromatic rings. The van der Waals surface area contributed by atoms with Crippen LogP contribution in [0.1, 0.15) is 15.2 Å². The van der Waals surface area contributed by atoms with Crippen molar-refractivity contribution in [1.29, 1.82) is 0 Å². The van der Waals surface area contributed by atoms with Crippen molar-refractivity contribution >= 4 is 54.8 Å². The van der Waals surface area contributed by atoms with Crippen LogP contribution >= 0.6 is 27.3 Å². The summed E-state index contributed by atoms with van der Waals surface area (Å²) in [5.41, 5.74) is 10.3. The molecule has 3 N–H and O–H groups in total. The lowest BCUT2D eigenvalue weighted by molar-refractivity contribution is 0.103. The SMILES string of the molecule is COc1ccc(-c2ccc3c(N)c(C(=O)Nc4ccc(C)cc4Br)sc3n2)cc1. The number of hydrogen-bond acceptors (Lipinski definition) is 5. The summed E-state index contributed by atoms with van der Waals surface area (Å²) in [6.07, 6.45) is 0. The van der Waals surface area contributed by atoms with Crippen molar-refractivity contribution in [3.63, 3.8) is 0 Å². The van der Waals surface area contributed by atoms with Crippen molar-refractivity contribution in [3.05, 3.63) is 69.5 Å². The van der Waals surface area contributed by atoms with Crippen molar-refractivity contribution in [2.75, 3.05) is 18.2 Å². The van der Waals surface area contributed by atoms with Gasteiger partial charge in [-0.2, -0.15) is 0 Å². The molecule has 2 heterocycles. The van der Waals surface area contributed by atoms with E-state index in [-0.39, 0.29) is 5.91 Å². The largest absolute Gasteiger partial charge is 0.497 e. The molecule has 0 bridgehead atoms. The Morgan fingerprint density at radius 2 is 1.90 bits per heavy atom. The minimum absolute atomic E-state index is 0.249. The number of carbonyl (C=O) groups excluding carboxylic acids is 1. The maximum Gasteiger partial charge on any atom is 0.267 e. The lowest BCUT2D eigenvalue weighted by Crippen LogP contribution is -2.12. The van der Waals surface area contributed by atoms with E-state index in [9.17, 15) is 4.79 Å². The number of nitrogens with two attached hydrogens (primary N) is 1. The number of methoxy groups -OCH3 is 1. The van der Waals surface area contributed by atoms with Crippen molar-refractivity contribution in [2.24, 2.45) is 0 Å². The number of aromatic nitrogens is 1. The number of aryl methyl sites for hydroxylation is 1. The molecule has 146 valence electrons. The fraction of sp³-hybridized carbons (Fsp3) is 0.0909. The van der Waals surface area contributed by atoms with Crippen LogP contribution in [-0.4, -0.2) is 18.0 Å². The summed E-state index contributed by atoms with van der Waals surface area (Å²) < 4.78 is 6.03. The Hall–Kier alpha value is -2.90. The molecule has 0 aliphatic heterocycles. The molecular formula is C22H18BrN3O2S. The second kappa shape index (κ2) is 7.85. The second-order valence-electron chi connectivity index (χ2n) is 6.56. The van der Waals surface area contributed by atoms with Gasteiger partial charge in [0.15, 0.2) is 0 Å². The van der Waals surface area contributed by atoms with Crippen LogP contribution in [-0.2, 0) is 0 Å². The van der Waals surface area contributed by atoms with Crippen molar-refractivity contribution in [3.8, 4) is 17.0 Å². The number of thiophene rings is 1. The normalized spacial score (nSPS) is 10.9. The van der Waals surface area contributed by atoms with Gasteiger partial charge in [-0.05, 0) is 76.9 Å². The quantitative estimate of drug-likeness (QED) is 0.392. The lowest BCUT2D eigenvalue weighted by Gasteiger charge is -2.07. The maximum atomic E-state index is 12.8. The number of fused-ring (bicyclic) bond motifs is 1. The molecule has 4 rings (SSSR count). The van der Waals surface area contributed by atoms with Gasteiger partial charge in [0.1, 0.15) is 15.5 Å². The highest BCUT2D eigenvalue weighted by Crippen LogP contribution is 2.35. The van der Waals surface area contributed by atoms with Crippen LogP contribution in [0, 0.1) is 6.92 Å². The van der Waals surface area contributed by atoms with E-state index in [0.717, 1.165) is 37.3 Å². The van der Waals surface area contributed by atoms with Gasteiger partial charge in [0, 0.05) is 15.4 Å². The van der Waals surface area contributed by atoms with Gasteiger partial charge in [-0.1, -0.05) is 6.07 Å². The summed E-state index contributed by atoms with van der Waals surface area (Å²) in [6, 6.07) is 17.3. The fourth-order valence-corrected chi connectivity index (χ4v) is 4.57. The molecular weight excluding hydrogens is 450 g/mol. The number of amides is 1. The Morgan fingerprint density at radius 3 is 2.59 bits per heavy atom. The number of nitrogen functional groups attached to an aromatic ring is 1. The van der Waals surface area contributed by atoms with Gasteiger partial charge in [-0.3, -0.25) is 4.79 Å². The van der Waals surface area contributed by atoms with E-state index in [1.54, 1.807) is 7.11 Å². The van der Waals surface area contributed by atoms with Gasteiger partial charge in [-0.15, -0.1) is 11.3 Å². The van der Waals surface area contributed by atoms with Gasteiger partial charge in [0.2, 0.25) is 0 Å². The number of anilines is 2. The molecule has 7 heteroatoms. The van der Waals surface area contributed by atoms with Crippen LogP contribution in [0.15, 0.2) is 59.1 Å². The molecule has 0 fully saturated rings. The third-order valence-electron chi connectivity index (χ3n) is 4.56. The number of ether oxygens (including phenoxy) is 1. The number of carbonyl (C=O) groups is 1. The van der Waals surface area contributed by atoms with E-state index in [1.807, 2.05) is 61.5 Å². The summed E-state index contributed by atoms with van der Waals surface area (Å²) >= 11 is 4.77. The van der Waals surface area contributed by atoms with Crippen LogP contribution < -0.4 is 15.8 Å². The topological polar surface area (TPSA) is 77.2 Å². The predicted molar refractivity (Wildman–Crippen MR) is 123 cm³/mol. The van der Waals surface area contributed by atoms with E-state index >= 15 is 0 Å². The molecule has 0 aliphatic rings. The first kappa shape index (κ1) is 19.4. The number of pyridine rings is 1. The molecule has 5 nitrogen and oxygen atoms in total. The number of halogens is 1. The van der Waals surface area contributed by atoms with Gasteiger partial charge in [0.25, 0.3) is 5.91 Å². The zero-order chi connectivity index (χ0) is 20.5. The van der Waals surface area contributed by atoms with E-state index in [2.05, 4.69) is 21.2 Å². The zero-order valence-electron chi connectivity index (χ0n) is 15.8. The molecule has 1 amide bonds. The van der Waals surface area contributed by atoms with Gasteiger partial charge >= 0.3 is 0 Å². The van der Waals surface area contributed by atoms with Gasteiger partial charge in [0.05, 0.1) is 24.2 Å². The molecule has 0 saturated heterocycles. The number of hydrogen-bond donors (Lipinski definition) is 2. The third kappa shape index (κ3) is 3.83. The Labute approximate surface area is 180 Å². The summed E-state index contributed by atoms with van der Waals surface area (Å²) in [5, 5.41) is 3.70. The fourth-order valence-electron chi connectivity index (χ4n) is 2.99. The average Bonchev–Trinajstić information content (AvgIpc) is 3.06. The van der Waals surface area contributed by atoms with E-state index in [4.69, 9.17) is 15.5 Å². The Kier molecular flexibility index (Phi) is 5.25. The summed E-state index contributed by atoms with van der Waals surface area (Å²) in [6.45, 7) is 1.99. The molecule has 29 heavy (non-hydrogen) atoms. The van der Waals surface area contributed by atoms with Crippen molar-refractivity contribution in [2.45, 2.75) is 6.92 Å². The highest BCUT2D eigenvalue weighted by molar-refractivity contribution is 9.10. The van der Waals surface area contributed by atoms with Gasteiger partial charge < -0.3 is 15.8 Å². The van der Waals surface area contributed by atoms with E-state index < -0.39 is 0 Å². The molecule has 0 unspecified atom stereocenters.